The molecule has 3 heteroatoms. The van der Waals surface area contributed by atoms with Crippen LogP contribution < -0.4 is 0 Å². The summed E-state index contributed by atoms with van der Waals surface area (Å²) in [6.07, 6.45) is 0.697. The van der Waals surface area contributed by atoms with Gasteiger partial charge in [0.1, 0.15) is 11.9 Å². The van der Waals surface area contributed by atoms with Gasteiger partial charge in [-0.2, -0.15) is 0 Å². The number of ketones is 1. The van der Waals surface area contributed by atoms with Crippen LogP contribution in [0.15, 0.2) is 24.3 Å². The van der Waals surface area contributed by atoms with E-state index in [0.717, 1.165) is 12.8 Å². The van der Waals surface area contributed by atoms with Gasteiger partial charge in [-0.25, -0.2) is 4.39 Å². The molecule has 0 aliphatic heterocycles. The third-order valence-corrected chi connectivity index (χ3v) is 3.09. The Morgan fingerprint density at radius 2 is 2.00 bits per heavy atom. The molecule has 0 amide bonds. The summed E-state index contributed by atoms with van der Waals surface area (Å²) in [7, 11) is 0. The fraction of sp³-hybridized carbons (Fsp3) is 0.500. The highest BCUT2D eigenvalue weighted by atomic mass is 19.1. The lowest BCUT2D eigenvalue weighted by Gasteiger charge is -2.18. The van der Waals surface area contributed by atoms with Crippen LogP contribution in [-0.2, 0) is 11.2 Å². The van der Waals surface area contributed by atoms with Gasteiger partial charge in [0.05, 0.1) is 0 Å². The Bertz CT molecular complexity index is 372. The number of rotatable bonds is 6. The van der Waals surface area contributed by atoms with E-state index >= 15 is 0 Å². The Morgan fingerprint density at radius 3 is 2.53 bits per heavy atom. The van der Waals surface area contributed by atoms with Crippen LogP contribution >= 0.6 is 0 Å². The Morgan fingerprint density at radius 1 is 1.35 bits per heavy atom. The SMILES string of the molecule is CCC(CC)C(O)C(=O)Cc1cccc(F)c1. The summed E-state index contributed by atoms with van der Waals surface area (Å²) >= 11 is 0. The molecule has 1 rings (SSSR count). The van der Waals surface area contributed by atoms with E-state index in [-0.39, 0.29) is 23.9 Å². The standard InChI is InChI=1S/C14H19FO2/c1-3-11(4-2)14(17)13(16)9-10-6-5-7-12(15)8-10/h5-8,11,14,17H,3-4,9H2,1-2H3. The van der Waals surface area contributed by atoms with Crippen LogP contribution in [0.5, 0.6) is 0 Å². The highest BCUT2D eigenvalue weighted by Crippen LogP contribution is 2.16. The van der Waals surface area contributed by atoms with Gasteiger partial charge in [0.15, 0.2) is 5.78 Å². The smallest absolute Gasteiger partial charge is 0.165 e. The molecular formula is C14H19FO2. The van der Waals surface area contributed by atoms with Crippen LogP contribution in [0.2, 0.25) is 0 Å². The number of benzene rings is 1. The molecule has 94 valence electrons. The topological polar surface area (TPSA) is 37.3 Å². The predicted molar refractivity (Wildman–Crippen MR) is 65.2 cm³/mol. The quantitative estimate of drug-likeness (QED) is 0.827. The monoisotopic (exact) mass is 238 g/mol. The van der Waals surface area contributed by atoms with Gasteiger partial charge in [0, 0.05) is 6.42 Å². The molecule has 1 aromatic rings. The number of aliphatic hydroxyl groups excluding tert-OH is 1. The van der Waals surface area contributed by atoms with E-state index in [9.17, 15) is 14.3 Å². The molecule has 1 aromatic carbocycles. The van der Waals surface area contributed by atoms with Crippen molar-refractivity contribution in [2.45, 2.75) is 39.2 Å². The third-order valence-electron chi connectivity index (χ3n) is 3.09. The molecule has 0 aliphatic carbocycles. The van der Waals surface area contributed by atoms with Gasteiger partial charge < -0.3 is 5.11 Å². The summed E-state index contributed by atoms with van der Waals surface area (Å²) in [5, 5.41) is 9.86. The van der Waals surface area contributed by atoms with E-state index in [0.29, 0.717) is 5.56 Å². The number of Topliss-reactive ketones (excluding diaryl/α,β-unsaturated/α-hetero) is 1. The van der Waals surface area contributed by atoms with Crippen LogP contribution in [0.4, 0.5) is 4.39 Å². The first-order valence-corrected chi connectivity index (χ1v) is 6.03. The molecule has 0 fully saturated rings. The summed E-state index contributed by atoms with van der Waals surface area (Å²) in [5.41, 5.74) is 0.611. The second-order valence-electron chi connectivity index (χ2n) is 4.29. The Hall–Kier alpha value is -1.22. The zero-order valence-corrected chi connectivity index (χ0v) is 10.3. The zero-order valence-electron chi connectivity index (χ0n) is 10.3. The molecule has 0 aromatic heterocycles. The summed E-state index contributed by atoms with van der Waals surface area (Å²) < 4.78 is 12.9. The van der Waals surface area contributed by atoms with Gasteiger partial charge in [-0.05, 0) is 23.6 Å². The fourth-order valence-electron chi connectivity index (χ4n) is 1.95. The fourth-order valence-corrected chi connectivity index (χ4v) is 1.95. The summed E-state index contributed by atoms with van der Waals surface area (Å²) in [6, 6.07) is 5.94. The number of carbonyl (C=O) groups excluding carboxylic acids is 1. The van der Waals surface area contributed by atoms with Gasteiger partial charge in [-0.15, -0.1) is 0 Å². The summed E-state index contributed by atoms with van der Waals surface area (Å²) in [4.78, 5) is 11.8. The van der Waals surface area contributed by atoms with Crippen molar-refractivity contribution >= 4 is 5.78 Å². The molecule has 0 bridgehead atoms. The lowest BCUT2D eigenvalue weighted by atomic mass is 9.91. The average molecular weight is 238 g/mol. The number of carbonyl (C=O) groups is 1. The molecule has 17 heavy (non-hydrogen) atoms. The maximum Gasteiger partial charge on any atom is 0.165 e. The first kappa shape index (κ1) is 13.8. The molecule has 0 heterocycles. The van der Waals surface area contributed by atoms with Crippen LogP contribution in [0.3, 0.4) is 0 Å². The Balaban J connectivity index is 2.65. The van der Waals surface area contributed by atoms with Crippen LogP contribution in [0.25, 0.3) is 0 Å². The van der Waals surface area contributed by atoms with Gasteiger partial charge in [0.2, 0.25) is 0 Å². The molecule has 1 unspecified atom stereocenters. The molecule has 0 spiro atoms. The van der Waals surface area contributed by atoms with Gasteiger partial charge in [-0.1, -0.05) is 38.8 Å². The second-order valence-corrected chi connectivity index (χ2v) is 4.29. The van der Waals surface area contributed by atoms with Gasteiger partial charge in [-0.3, -0.25) is 4.79 Å². The first-order chi connectivity index (χ1) is 8.08. The maximum atomic E-state index is 12.9. The molecular weight excluding hydrogens is 219 g/mol. The minimum Gasteiger partial charge on any atom is -0.385 e. The lowest BCUT2D eigenvalue weighted by Crippen LogP contribution is -2.30. The molecule has 1 N–H and O–H groups in total. The van der Waals surface area contributed by atoms with Crippen molar-refractivity contribution < 1.29 is 14.3 Å². The molecule has 0 saturated heterocycles. The van der Waals surface area contributed by atoms with Crippen molar-refractivity contribution in [3.8, 4) is 0 Å². The molecule has 0 saturated carbocycles. The lowest BCUT2D eigenvalue weighted by molar-refractivity contribution is -0.129. The number of hydrogen-bond acceptors (Lipinski definition) is 2. The van der Waals surface area contributed by atoms with E-state index in [1.165, 1.54) is 12.1 Å². The average Bonchev–Trinajstić information content (AvgIpc) is 2.30. The highest BCUT2D eigenvalue weighted by Gasteiger charge is 2.23. The van der Waals surface area contributed by atoms with Crippen LogP contribution in [-0.4, -0.2) is 17.0 Å². The maximum absolute atomic E-state index is 12.9. The van der Waals surface area contributed by atoms with E-state index in [2.05, 4.69) is 0 Å². The number of halogens is 1. The van der Waals surface area contributed by atoms with E-state index in [1.54, 1.807) is 12.1 Å². The van der Waals surface area contributed by atoms with E-state index in [1.807, 2.05) is 13.8 Å². The second kappa shape index (κ2) is 6.50. The van der Waals surface area contributed by atoms with Crippen LogP contribution in [0.1, 0.15) is 32.3 Å². The Labute approximate surface area is 101 Å². The predicted octanol–water partition coefficient (Wildman–Crippen LogP) is 2.73. The van der Waals surface area contributed by atoms with Gasteiger partial charge in [0.25, 0.3) is 0 Å². The molecule has 0 radical (unpaired) electrons. The number of hydrogen-bond donors (Lipinski definition) is 1. The van der Waals surface area contributed by atoms with Crippen molar-refractivity contribution in [3.63, 3.8) is 0 Å². The highest BCUT2D eigenvalue weighted by molar-refractivity contribution is 5.85. The summed E-state index contributed by atoms with van der Waals surface area (Å²) in [5.74, 6) is -0.590. The molecule has 1 atom stereocenters. The third kappa shape index (κ3) is 3.93. The minimum atomic E-state index is -0.937. The van der Waals surface area contributed by atoms with E-state index in [4.69, 9.17) is 0 Å². The van der Waals surface area contributed by atoms with Crippen molar-refractivity contribution in [3.05, 3.63) is 35.6 Å². The Kier molecular flexibility index (Phi) is 5.29. The van der Waals surface area contributed by atoms with Crippen molar-refractivity contribution in [1.82, 2.24) is 0 Å². The molecule has 2 nitrogen and oxygen atoms in total. The normalized spacial score (nSPS) is 12.8. The van der Waals surface area contributed by atoms with Crippen molar-refractivity contribution in [2.75, 3.05) is 0 Å². The van der Waals surface area contributed by atoms with Crippen molar-refractivity contribution in [1.29, 1.82) is 0 Å². The van der Waals surface area contributed by atoms with Crippen LogP contribution in [0, 0.1) is 11.7 Å². The first-order valence-electron chi connectivity index (χ1n) is 6.03. The number of aliphatic hydroxyl groups is 1. The minimum absolute atomic E-state index is 0.00365. The van der Waals surface area contributed by atoms with E-state index < -0.39 is 6.10 Å². The van der Waals surface area contributed by atoms with Gasteiger partial charge >= 0.3 is 0 Å². The van der Waals surface area contributed by atoms with Crippen molar-refractivity contribution in [2.24, 2.45) is 5.92 Å². The summed E-state index contributed by atoms with van der Waals surface area (Å²) in [6.45, 7) is 3.90. The largest absolute Gasteiger partial charge is 0.385 e. The zero-order chi connectivity index (χ0) is 12.8. The molecule has 0 aliphatic rings.